The maximum atomic E-state index is 12.3. The Morgan fingerprint density at radius 3 is 2.68 bits per heavy atom. The number of hydrogen-bond donors (Lipinski definition) is 2. The first-order valence-corrected chi connectivity index (χ1v) is 10.1. The summed E-state index contributed by atoms with van der Waals surface area (Å²) in [6.45, 7) is 0. The van der Waals surface area contributed by atoms with Gasteiger partial charge in [0.1, 0.15) is 0 Å². The quantitative estimate of drug-likeness (QED) is 0.718. The molecule has 0 unspecified atom stereocenters. The zero-order chi connectivity index (χ0) is 20.1. The van der Waals surface area contributed by atoms with Gasteiger partial charge in [-0.2, -0.15) is 5.26 Å². The minimum absolute atomic E-state index is 0.00510. The summed E-state index contributed by atoms with van der Waals surface area (Å²) in [6, 6.07) is 16.5. The third kappa shape index (κ3) is 4.68. The van der Waals surface area contributed by atoms with Crippen molar-refractivity contribution >= 4 is 52.5 Å². The summed E-state index contributed by atoms with van der Waals surface area (Å²) in [5, 5.41) is 16.0. The second-order valence-corrected chi connectivity index (χ2v) is 7.78. The Balaban J connectivity index is 1.75. The van der Waals surface area contributed by atoms with Crippen molar-refractivity contribution in [1.29, 1.82) is 5.26 Å². The van der Waals surface area contributed by atoms with E-state index in [-0.39, 0.29) is 34.9 Å². The number of hydrogen-bond acceptors (Lipinski definition) is 4. The number of nitriles is 1. The van der Waals surface area contributed by atoms with E-state index in [9.17, 15) is 14.9 Å². The predicted molar refractivity (Wildman–Crippen MR) is 112 cm³/mol. The molecule has 142 valence electrons. The number of thioether (sulfide) groups is 1. The lowest BCUT2D eigenvalue weighted by atomic mass is 9.87. The van der Waals surface area contributed by atoms with Gasteiger partial charge in [-0.25, -0.2) is 0 Å². The van der Waals surface area contributed by atoms with Crippen LogP contribution in [0.5, 0.6) is 0 Å². The maximum Gasteiger partial charge on any atom is 0.234 e. The van der Waals surface area contributed by atoms with Crippen LogP contribution in [0, 0.1) is 11.3 Å². The number of halogens is 2. The molecule has 0 aliphatic carbocycles. The fourth-order valence-corrected chi connectivity index (χ4v) is 4.05. The lowest BCUT2D eigenvalue weighted by Crippen LogP contribution is -2.31. The summed E-state index contributed by atoms with van der Waals surface area (Å²) in [5.74, 6) is -0.831. The molecule has 5 nitrogen and oxygen atoms in total. The molecule has 2 aromatic rings. The van der Waals surface area contributed by atoms with E-state index in [1.54, 1.807) is 18.2 Å². The normalized spacial score (nSPS) is 16.3. The van der Waals surface area contributed by atoms with Crippen LogP contribution in [-0.2, 0) is 9.59 Å². The Labute approximate surface area is 176 Å². The Morgan fingerprint density at radius 1 is 1.21 bits per heavy atom. The number of carbonyl (C=O) groups excluding carboxylic acids is 2. The molecule has 2 N–H and O–H groups in total. The second kappa shape index (κ2) is 9.16. The van der Waals surface area contributed by atoms with E-state index in [1.807, 2.05) is 30.3 Å². The Morgan fingerprint density at radius 2 is 1.96 bits per heavy atom. The SMILES string of the molecule is N#CC1=C(SCC(=O)Nc2cccc(Cl)c2Cl)NC(=O)C[C@H]1c1ccccc1. The summed E-state index contributed by atoms with van der Waals surface area (Å²) in [5.41, 5.74) is 1.75. The van der Waals surface area contributed by atoms with Gasteiger partial charge in [-0.1, -0.05) is 71.4 Å². The summed E-state index contributed by atoms with van der Waals surface area (Å²) < 4.78 is 0. The van der Waals surface area contributed by atoms with Crippen LogP contribution in [-0.4, -0.2) is 17.6 Å². The van der Waals surface area contributed by atoms with Crippen molar-refractivity contribution < 1.29 is 9.59 Å². The molecule has 0 bridgehead atoms. The van der Waals surface area contributed by atoms with Crippen LogP contribution in [0.2, 0.25) is 10.0 Å². The highest BCUT2D eigenvalue weighted by atomic mass is 35.5. The lowest BCUT2D eigenvalue weighted by molar-refractivity contribution is -0.121. The van der Waals surface area contributed by atoms with Gasteiger partial charge >= 0.3 is 0 Å². The molecule has 8 heteroatoms. The topological polar surface area (TPSA) is 82.0 Å². The molecule has 0 saturated carbocycles. The van der Waals surface area contributed by atoms with Crippen LogP contribution in [0.3, 0.4) is 0 Å². The number of amides is 2. The molecule has 0 aromatic heterocycles. The third-order valence-corrected chi connectivity index (χ3v) is 5.97. The number of nitrogens with zero attached hydrogens (tertiary/aromatic N) is 1. The minimum Gasteiger partial charge on any atom is -0.324 e. The van der Waals surface area contributed by atoms with Crippen LogP contribution in [0.4, 0.5) is 5.69 Å². The standard InChI is InChI=1S/C20H15Cl2N3O2S/c21-15-7-4-8-16(19(15)22)24-18(27)11-28-20-14(10-23)13(9-17(26)25-20)12-5-2-1-3-6-12/h1-8,13H,9,11H2,(H,24,27)(H,25,26)/t13-/m0/s1. The Kier molecular flexibility index (Phi) is 6.63. The zero-order valence-corrected chi connectivity index (χ0v) is 16.9. The van der Waals surface area contributed by atoms with E-state index in [1.165, 1.54) is 0 Å². The highest BCUT2D eigenvalue weighted by molar-refractivity contribution is 8.03. The molecule has 2 amide bonds. The number of carbonyl (C=O) groups is 2. The predicted octanol–water partition coefficient (Wildman–Crippen LogP) is 4.70. The smallest absolute Gasteiger partial charge is 0.234 e. The van der Waals surface area contributed by atoms with Gasteiger partial charge in [0.05, 0.1) is 38.2 Å². The number of rotatable bonds is 5. The van der Waals surface area contributed by atoms with Gasteiger partial charge in [0.25, 0.3) is 0 Å². The molecule has 3 rings (SSSR count). The molecule has 1 atom stereocenters. The molecule has 0 saturated heterocycles. The Hall–Kier alpha value is -2.46. The van der Waals surface area contributed by atoms with Crippen molar-refractivity contribution in [1.82, 2.24) is 5.32 Å². The van der Waals surface area contributed by atoms with Crippen molar-refractivity contribution in [2.75, 3.05) is 11.1 Å². The van der Waals surface area contributed by atoms with Crippen LogP contribution < -0.4 is 10.6 Å². The average molecular weight is 432 g/mol. The number of anilines is 1. The largest absolute Gasteiger partial charge is 0.324 e. The van der Waals surface area contributed by atoms with Crippen molar-refractivity contribution in [2.24, 2.45) is 0 Å². The zero-order valence-electron chi connectivity index (χ0n) is 14.5. The number of benzene rings is 2. The molecule has 0 fully saturated rings. The molecule has 0 radical (unpaired) electrons. The van der Waals surface area contributed by atoms with Gasteiger partial charge in [-0.15, -0.1) is 0 Å². The van der Waals surface area contributed by atoms with E-state index in [2.05, 4.69) is 16.7 Å². The first-order chi connectivity index (χ1) is 13.5. The second-order valence-electron chi connectivity index (χ2n) is 6.01. The van der Waals surface area contributed by atoms with Crippen LogP contribution in [0.15, 0.2) is 59.1 Å². The summed E-state index contributed by atoms with van der Waals surface area (Å²) >= 11 is 13.1. The summed E-state index contributed by atoms with van der Waals surface area (Å²) in [7, 11) is 0. The van der Waals surface area contributed by atoms with E-state index in [4.69, 9.17) is 23.2 Å². The van der Waals surface area contributed by atoms with Crippen LogP contribution in [0.1, 0.15) is 17.9 Å². The van der Waals surface area contributed by atoms with Gasteiger partial charge in [-0.05, 0) is 17.7 Å². The van der Waals surface area contributed by atoms with Gasteiger partial charge in [0.15, 0.2) is 0 Å². The monoisotopic (exact) mass is 431 g/mol. The van der Waals surface area contributed by atoms with Crippen LogP contribution in [0.25, 0.3) is 0 Å². The number of nitrogens with one attached hydrogen (secondary N) is 2. The lowest BCUT2D eigenvalue weighted by Gasteiger charge is -2.25. The van der Waals surface area contributed by atoms with Gasteiger partial charge in [0, 0.05) is 12.3 Å². The van der Waals surface area contributed by atoms with Gasteiger partial charge in [-0.3, -0.25) is 9.59 Å². The Bertz CT molecular complexity index is 987. The third-order valence-electron chi connectivity index (χ3n) is 4.13. The summed E-state index contributed by atoms with van der Waals surface area (Å²) in [6.07, 6.45) is 0.196. The maximum absolute atomic E-state index is 12.3. The first kappa shape index (κ1) is 20.3. The van der Waals surface area contributed by atoms with Crippen molar-refractivity contribution in [3.05, 3.63) is 74.7 Å². The van der Waals surface area contributed by atoms with Crippen molar-refractivity contribution in [3.8, 4) is 6.07 Å². The minimum atomic E-state index is -0.326. The van der Waals surface area contributed by atoms with Crippen molar-refractivity contribution in [2.45, 2.75) is 12.3 Å². The van der Waals surface area contributed by atoms with E-state index >= 15 is 0 Å². The van der Waals surface area contributed by atoms with Gasteiger partial charge < -0.3 is 10.6 Å². The average Bonchev–Trinajstić information content (AvgIpc) is 2.70. The van der Waals surface area contributed by atoms with Crippen molar-refractivity contribution in [3.63, 3.8) is 0 Å². The highest BCUT2D eigenvalue weighted by Crippen LogP contribution is 2.36. The molecular formula is C20H15Cl2N3O2S. The molecule has 28 heavy (non-hydrogen) atoms. The molecular weight excluding hydrogens is 417 g/mol. The first-order valence-electron chi connectivity index (χ1n) is 8.35. The van der Waals surface area contributed by atoms with E-state index in [0.29, 0.717) is 21.3 Å². The van der Waals surface area contributed by atoms with E-state index in [0.717, 1.165) is 17.3 Å². The number of allylic oxidation sites excluding steroid dienone is 1. The van der Waals surface area contributed by atoms with Gasteiger partial charge in [0.2, 0.25) is 11.8 Å². The summed E-state index contributed by atoms with van der Waals surface area (Å²) in [4.78, 5) is 24.4. The molecule has 2 aromatic carbocycles. The fraction of sp³-hybridized carbons (Fsp3) is 0.150. The van der Waals surface area contributed by atoms with E-state index < -0.39 is 0 Å². The fourth-order valence-electron chi connectivity index (χ4n) is 2.83. The molecule has 1 heterocycles. The molecule has 1 aliphatic rings. The molecule has 1 aliphatic heterocycles. The highest BCUT2D eigenvalue weighted by Gasteiger charge is 2.29. The molecule has 0 spiro atoms. The van der Waals surface area contributed by atoms with Crippen LogP contribution >= 0.6 is 35.0 Å².